The van der Waals surface area contributed by atoms with Crippen LogP contribution in [0, 0.1) is 0 Å². The second kappa shape index (κ2) is 11.9. The number of aromatic nitrogens is 3. The second-order valence-electron chi connectivity index (χ2n) is 10.1. The Balaban J connectivity index is 1.70. The number of halogens is 4. The van der Waals surface area contributed by atoms with Crippen LogP contribution in [0.25, 0.3) is 11.4 Å². The molecule has 0 aliphatic carbocycles. The summed E-state index contributed by atoms with van der Waals surface area (Å²) < 4.78 is 42.9. The van der Waals surface area contributed by atoms with Gasteiger partial charge < -0.3 is 5.32 Å². The van der Waals surface area contributed by atoms with Gasteiger partial charge >= 0.3 is 6.18 Å². The summed E-state index contributed by atoms with van der Waals surface area (Å²) in [5, 5.41) is 10.6. The molecular weight excluding hydrogens is 557 g/mol. The number of hydrogen-bond donors (Lipinski definition) is 1. The Bertz CT molecular complexity index is 1500. The first kappa shape index (κ1) is 29.4. The van der Waals surface area contributed by atoms with E-state index in [0.29, 0.717) is 23.1 Å². The zero-order valence-corrected chi connectivity index (χ0v) is 23.7. The highest BCUT2D eigenvalue weighted by Crippen LogP contribution is 2.40. The maximum absolute atomic E-state index is 13.7. The van der Waals surface area contributed by atoms with E-state index in [4.69, 9.17) is 11.6 Å². The van der Waals surface area contributed by atoms with Crippen molar-refractivity contribution in [3.8, 4) is 11.4 Å². The molecule has 0 aliphatic rings. The molecule has 1 aromatic heterocycles. The van der Waals surface area contributed by atoms with Gasteiger partial charge in [-0.1, -0.05) is 105 Å². The maximum atomic E-state index is 13.7. The van der Waals surface area contributed by atoms with E-state index < -0.39 is 22.9 Å². The first-order chi connectivity index (χ1) is 18.9. The minimum absolute atomic E-state index is 0.0132. The molecule has 4 rings (SSSR count). The molecule has 1 atom stereocenters. The van der Waals surface area contributed by atoms with Crippen LogP contribution in [0.3, 0.4) is 0 Å². The average molecular weight is 585 g/mol. The molecule has 4 aromatic rings. The Kier molecular flexibility index (Phi) is 8.75. The molecule has 0 aliphatic heterocycles. The number of thioether (sulfide) groups is 1. The minimum Gasteiger partial charge on any atom is -0.324 e. The van der Waals surface area contributed by atoms with Gasteiger partial charge in [0, 0.05) is 17.1 Å². The fourth-order valence-corrected chi connectivity index (χ4v) is 5.29. The van der Waals surface area contributed by atoms with Crippen LogP contribution < -0.4 is 5.32 Å². The molecule has 40 heavy (non-hydrogen) atoms. The third-order valence-electron chi connectivity index (χ3n) is 6.15. The Morgan fingerprint density at radius 1 is 1.05 bits per heavy atom. The van der Waals surface area contributed by atoms with Crippen LogP contribution in [0.1, 0.15) is 42.7 Å². The molecule has 0 bridgehead atoms. The van der Waals surface area contributed by atoms with Crippen molar-refractivity contribution in [1.82, 2.24) is 14.8 Å². The lowest BCUT2D eigenvalue weighted by Crippen LogP contribution is -2.22. The number of amides is 1. The second-order valence-corrected chi connectivity index (χ2v) is 11.6. The van der Waals surface area contributed by atoms with Gasteiger partial charge in [-0.25, -0.2) is 0 Å². The number of carbonyl (C=O) groups excluding carboxylic acids is 1. The molecule has 1 amide bonds. The van der Waals surface area contributed by atoms with Gasteiger partial charge in [-0.05, 0) is 34.7 Å². The molecule has 1 unspecified atom stereocenters. The summed E-state index contributed by atoms with van der Waals surface area (Å²) in [5.74, 6) is -0.0552. The number of anilines is 1. The fourth-order valence-electron chi connectivity index (χ4n) is 4.07. The van der Waals surface area contributed by atoms with Gasteiger partial charge in [0.2, 0.25) is 5.91 Å². The maximum Gasteiger partial charge on any atom is 0.418 e. The predicted molar refractivity (Wildman–Crippen MR) is 154 cm³/mol. The van der Waals surface area contributed by atoms with E-state index in [1.165, 1.54) is 11.6 Å². The van der Waals surface area contributed by atoms with E-state index in [-0.39, 0.29) is 16.1 Å². The van der Waals surface area contributed by atoms with E-state index in [2.05, 4.69) is 42.9 Å². The van der Waals surface area contributed by atoms with Crippen molar-refractivity contribution in [1.29, 1.82) is 0 Å². The van der Waals surface area contributed by atoms with Crippen molar-refractivity contribution in [2.45, 2.75) is 49.3 Å². The van der Waals surface area contributed by atoms with Crippen LogP contribution in [0.5, 0.6) is 0 Å². The molecule has 0 saturated carbocycles. The lowest BCUT2D eigenvalue weighted by molar-refractivity contribution is -0.137. The van der Waals surface area contributed by atoms with Crippen molar-refractivity contribution >= 4 is 35.0 Å². The molecular formula is C30H28ClF3N4OS. The average Bonchev–Trinajstić information content (AvgIpc) is 3.30. The minimum atomic E-state index is -4.70. The van der Waals surface area contributed by atoms with E-state index in [1.54, 1.807) is 36.4 Å². The van der Waals surface area contributed by atoms with Crippen LogP contribution >= 0.6 is 23.4 Å². The summed E-state index contributed by atoms with van der Waals surface area (Å²) >= 11 is 6.91. The SMILES string of the molecule is C=CCn1c(SC(C(=O)Nc2ccc(Cl)cc2C(F)(F)F)c2ccccc2)nnc1-c1ccc(C(C)(C)C)cc1. The van der Waals surface area contributed by atoms with E-state index in [9.17, 15) is 18.0 Å². The highest BCUT2D eigenvalue weighted by Gasteiger charge is 2.35. The number of alkyl halides is 3. The molecule has 0 spiro atoms. The van der Waals surface area contributed by atoms with Crippen LogP contribution in [-0.2, 0) is 22.9 Å². The predicted octanol–water partition coefficient (Wildman–Crippen LogP) is 8.57. The Morgan fingerprint density at radius 2 is 1.73 bits per heavy atom. The van der Waals surface area contributed by atoms with Gasteiger partial charge in [-0.3, -0.25) is 9.36 Å². The Morgan fingerprint density at radius 3 is 2.33 bits per heavy atom. The van der Waals surface area contributed by atoms with Crippen molar-refractivity contribution in [2.24, 2.45) is 0 Å². The van der Waals surface area contributed by atoms with E-state index in [0.717, 1.165) is 29.5 Å². The number of allylic oxidation sites excluding steroid dienone is 1. The molecule has 208 valence electrons. The van der Waals surface area contributed by atoms with Crippen molar-refractivity contribution in [3.63, 3.8) is 0 Å². The summed E-state index contributed by atoms with van der Waals surface area (Å²) in [6, 6.07) is 20.1. The molecule has 5 nitrogen and oxygen atoms in total. The number of nitrogens with zero attached hydrogens (tertiary/aromatic N) is 3. The van der Waals surface area contributed by atoms with Crippen molar-refractivity contribution in [2.75, 3.05) is 5.32 Å². The number of rotatable bonds is 8. The van der Waals surface area contributed by atoms with Crippen LogP contribution in [0.4, 0.5) is 18.9 Å². The fraction of sp³-hybridized carbons (Fsp3) is 0.233. The molecule has 10 heteroatoms. The zero-order chi connectivity index (χ0) is 29.1. The van der Waals surface area contributed by atoms with E-state index >= 15 is 0 Å². The third kappa shape index (κ3) is 6.77. The van der Waals surface area contributed by atoms with Crippen LogP contribution in [-0.4, -0.2) is 20.7 Å². The lowest BCUT2D eigenvalue weighted by atomic mass is 9.87. The normalized spacial score (nSPS) is 12.7. The van der Waals surface area contributed by atoms with Gasteiger partial charge in [0.1, 0.15) is 5.25 Å². The van der Waals surface area contributed by atoms with Gasteiger partial charge in [0.25, 0.3) is 0 Å². The number of nitrogens with one attached hydrogen (secondary N) is 1. The van der Waals surface area contributed by atoms with Gasteiger partial charge in [-0.2, -0.15) is 13.2 Å². The lowest BCUT2D eigenvalue weighted by Gasteiger charge is -2.20. The topological polar surface area (TPSA) is 59.8 Å². The van der Waals surface area contributed by atoms with E-state index in [1.807, 2.05) is 28.8 Å². The molecule has 3 aromatic carbocycles. The number of carbonyl (C=O) groups is 1. The summed E-state index contributed by atoms with van der Waals surface area (Å²) in [5.41, 5.74) is 1.18. The first-order valence-electron chi connectivity index (χ1n) is 12.4. The van der Waals surface area contributed by atoms with Crippen LogP contribution in [0.15, 0.2) is 90.6 Å². The monoisotopic (exact) mass is 584 g/mol. The number of benzene rings is 3. The van der Waals surface area contributed by atoms with Gasteiger partial charge in [0.05, 0.1) is 11.3 Å². The summed E-state index contributed by atoms with van der Waals surface area (Å²) in [6.07, 6.45) is -3.01. The highest BCUT2D eigenvalue weighted by molar-refractivity contribution is 8.00. The molecule has 0 radical (unpaired) electrons. The molecule has 1 heterocycles. The molecule has 0 saturated heterocycles. The van der Waals surface area contributed by atoms with Crippen LogP contribution in [0.2, 0.25) is 5.02 Å². The molecule has 0 fully saturated rings. The molecule has 1 N–H and O–H groups in total. The van der Waals surface area contributed by atoms with Gasteiger partial charge in [0.15, 0.2) is 11.0 Å². The quantitative estimate of drug-likeness (QED) is 0.166. The summed E-state index contributed by atoms with van der Waals surface area (Å²) in [4.78, 5) is 13.5. The number of hydrogen-bond acceptors (Lipinski definition) is 4. The third-order valence-corrected chi connectivity index (χ3v) is 7.62. The van der Waals surface area contributed by atoms with Crippen molar-refractivity contribution in [3.05, 3.63) is 107 Å². The van der Waals surface area contributed by atoms with Gasteiger partial charge in [-0.15, -0.1) is 16.8 Å². The first-order valence-corrected chi connectivity index (χ1v) is 13.7. The summed E-state index contributed by atoms with van der Waals surface area (Å²) in [7, 11) is 0. The summed E-state index contributed by atoms with van der Waals surface area (Å²) in [6.45, 7) is 10.6. The smallest absolute Gasteiger partial charge is 0.324 e. The standard InChI is InChI=1S/C30H28ClF3N4OS/c1-5-17-38-26(20-11-13-21(14-12-20)29(2,3)4)36-37-28(38)40-25(19-9-7-6-8-10-19)27(39)35-24-16-15-22(31)18-23(24)30(32,33)34/h5-16,18,25H,1,17H2,2-4H3,(H,35,39). The Hall–Kier alpha value is -3.56. The van der Waals surface area contributed by atoms with Crippen molar-refractivity contribution < 1.29 is 18.0 Å². The largest absolute Gasteiger partial charge is 0.418 e. The highest BCUT2D eigenvalue weighted by atomic mass is 35.5. The Labute approximate surface area is 240 Å². The zero-order valence-electron chi connectivity index (χ0n) is 22.2.